The van der Waals surface area contributed by atoms with Crippen LogP contribution in [0.1, 0.15) is 73.4 Å². The van der Waals surface area contributed by atoms with E-state index < -0.39 is 9.85 Å². The average Bonchev–Trinajstić information content (AvgIpc) is 3.12. The van der Waals surface area contributed by atoms with Gasteiger partial charge in [0, 0.05) is 43.2 Å². The second-order valence-corrected chi connectivity index (χ2v) is 12.6. The Bertz CT molecular complexity index is 1790. The monoisotopic (exact) mass is 720 g/mol. The van der Waals surface area contributed by atoms with Crippen molar-refractivity contribution >= 4 is 34.8 Å². The molecule has 4 aromatic rings. The molecule has 0 aromatic heterocycles. The number of amides is 2. The first-order chi connectivity index (χ1) is 24.4. The summed E-state index contributed by atoms with van der Waals surface area (Å²) in [5.41, 5.74) is 3.22. The van der Waals surface area contributed by atoms with E-state index in [1.807, 2.05) is 18.7 Å². The third-order valence-electron chi connectivity index (χ3n) is 8.97. The van der Waals surface area contributed by atoms with Crippen LogP contribution in [-0.4, -0.2) is 50.4 Å². The van der Waals surface area contributed by atoms with Crippen LogP contribution in [0.25, 0.3) is 0 Å². The molecule has 0 aliphatic carbocycles. The molecule has 0 bridgehead atoms. The highest BCUT2D eigenvalue weighted by Crippen LogP contribution is 2.34. The molecule has 1 saturated heterocycles. The van der Waals surface area contributed by atoms with Crippen molar-refractivity contribution in [3.05, 3.63) is 151 Å². The lowest BCUT2D eigenvalue weighted by atomic mass is 9.88. The van der Waals surface area contributed by atoms with Crippen molar-refractivity contribution in [3.8, 4) is 0 Å². The minimum atomic E-state index is -0.477. The Balaban J connectivity index is 0.000000229. The zero-order chi connectivity index (χ0) is 37.1. The van der Waals surface area contributed by atoms with Crippen LogP contribution in [0.5, 0.6) is 0 Å². The summed E-state index contributed by atoms with van der Waals surface area (Å²) in [6.45, 7) is 4.95. The Kier molecular flexibility index (Phi) is 13.7. The fraction of sp³-hybridized carbons (Fsp3) is 0.316. The predicted molar refractivity (Wildman–Crippen MR) is 190 cm³/mol. The maximum atomic E-state index is 13.1. The van der Waals surface area contributed by atoms with Crippen molar-refractivity contribution in [1.82, 2.24) is 9.80 Å². The standard InChI is InChI=1S/C19H20ClFN2O3.C19H19FN2O3/c1-14(16-5-7-17(21)8-6-16)22(12-2-11-20)19(24)13-15-3-9-18(10-4-15)23(25)26;1-13(14-4-8-16(20)9-5-14)21-12-2-3-18(19(21)23)15-6-10-17(11-7-15)22(24)25/h3-10,14H,2,11-13H2,1H3;4-11,13,18H,2-3,12H2,1H3/t14-;13-,18-/m00/s1. The summed E-state index contributed by atoms with van der Waals surface area (Å²) in [6, 6.07) is 24.0. The zero-order valence-corrected chi connectivity index (χ0v) is 29.0. The van der Waals surface area contributed by atoms with Crippen molar-refractivity contribution in [2.75, 3.05) is 19.0 Å². The number of non-ortho nitro benzene ring substituents is 2. The van der Waals surface area contributed by atoms with Crippen LogP contribution in [0.15, 0.2) is 97.1 Å². The molecule has 268 valence electrons. The second-order valence-electron chi connectivity index (χ2n) is 12.3. The normalized spacial score (nSPS) is 15.3. The van der Waals surface area contributed by atoms with E-state index in [0.717, 1.165) is 29.5 Å². The zero-order valence-electron chi connectivity index (χ0n) is 28.3. The first-order valence-corrected chi connectivity index (χ1v) is 17.1. The molecule has 0 saturated carbocycles. The Morgan fingerprint density at radius 2 is 1.35 bits per heavy atom. The number of nitrogens with zero attached hydrogens (tertiary/aromatic N) is 4. The van der Waals surface area contributed by atoms with Gasteiger partial charge in [-0.1, -0.05) is 48.5 Å². The Morgan fingerprint density at radius 3 is 1.86 bits per heavy atom. The molecule has 5 rings (SSSR count). The molecule has 1 heterocycles. The van der Waals surface area contributed by atoms with Gasteiger partial charge < -0.3 is 9.80 Å². The van der Waals surface area contributed by atoms with Crippen molar-refractivity contribution in [2.24, 2.45) is 0 Å². The number of hydrogen-bond acceptors (Lipinski definition) is 6. The molecule has 0 spiro atoms. The summed E-state index contributed by atoms with van der Waals surface area (Å²) in [4.78, 5) is 49.8. The maximum absolute atomic E-state index is 13.1. The van der Waals surface area contributed by atoms with Crippen LogP contribution in [0.4, 0.5) is 20.2 Å². The third kappa shape index (κ3) is 10.4. The van der Waals surface area contributed by atoms with Gasteiger partial charge in [0.15, 0.2) is 0 Å². The highest BCUT2D eigenvalue weighted by Gasteiger charge is 2.33. The summed E-state index contributed by atoms with van der Waals surface area (Å²) < 4.78 is 26.3. The first-order valence-electron chi connectivity index (χ1n) is 16.5. The summed E-state index contributed by atoms with van der Waals surface area (Å²) in [7, 11) is 0. The van der Waals surface area contributed by atoms with Crippen LogP contribution >= 0.6 is 11.6 Å². The Morgan fingerprint density at radius 1 is 0.843 bits per heavy atom. The number of alkyl halides is 1. The number of carbonyl (C=O) groups is 2. The molecule has 2 amide bonds. The molecule has 3 atom stereocenters. The summed E-state index contributed by atoms with van der Waals surface area (Å²) in [5, 5.41) is 21.5. The molecule has 4 aromatic carbocycles. The first kappa shape index (κ1) is 38.6. The lowest BCUT2D eigenvalue weighted by molar-refractivity contribution is -0.385. The van der Waals surface area contributed by atoms with Gasteiger partial charge >= 0.3 is 0 Å². The molecule has 1 fully saturated rings. The largest absolute Gasteiger partial charge is 0.336 e. The van der Waals surface area contributed by atoms with Gasteiger partial charge in [-0.3, -0.25) is 29.8 Å². The SMILES string of the molecule is C[C@@H](c1ccc(F)cc1)N(CCCCl)C(=O)Cc1ccc([N+](=O)[O-])cc1.C[C@@H](c1ccc(F)cc1)N1CCC[C@@H](c2ccc([N+](=O)[O-])cc2)C1=O. The molecule has 0 unspecified atom stereocenters. The van der Waals surface area contributed by atoms with Crippen LogP contribution < -0.4 is 0 Å². The predicted octanol–water partition coefficient (Wildman–Crippen LogP) is 8.70. The van der Waals surface area contributed by atoms with Crippen molar-refractivity contribution in [1.29, 1.82) is 0 Å². The number of nitro groups is 2. The minimum Gasteiger partial charge on any atom is -0.336 e. The number of rotatable bonds is 12. The fourth-order valence-corrected chi connectivity index (χ4v) is 6.16. The van der Waals surface area contributed by atoms with Crippen molar-refractivity contribution in [2.45, 2.75) is 57.5 Å². The maximum Gasteiger partial charge on any atom is 0.269 e. The molecule has 0 radical (unpaired) electrons. The highest BCUT2D eigenvalue weighted by molar-refractivity contribution is 6.17. The quantitative estimate of drug-likeness (QED) is 0.0819. The number of likely N-dealkylation sites (tertiary alicyclic amines) is 1. The Labute approximate surface area is 299 Å². The minimum absolute atomic E-state index is 0.0110. The number of halogens is 3. The van der Waals surface area contributed by atoms with Gasteiger partial charge in [-0.05, 0) is 79.6 Å². The smallest absolute Gasteiger partial charge is 0.269 e. The van der Waals surface area contributed by atoms with E-state index in [0.29, 0.717) is 31.0 Å². The van der Waals surface area contributed by atoms with E-state index in [9.17, 15) is 38.6 Å². The van der Waals surface area contributed by atoms with Gasteiger partial charge in [-0.15, -0.1) is 11.6 Å². The van der Waals surface area contributed by atoms with Gasteiger partial charge in [0.2, 0.25) is 11.8 Å². The van der Waals surface area contributed by atoms with Gasteiger partial charge in [0.25, 0.3) is 11.4 Å². The van der Waals surface area contributed by atoms with Crippen LogP contribution in [0, 0.1) is 31.9 Å². The van der Waals surface area contributed by atoms with E-state index in [1.165, 1.54) is 48.5 Å². The third-order valence-corrected chi connectivity index (χ3v) is 9.24. The summed E-state index contributed by atoms with van der Waals surface area (Å²) >= 11 is 5.78. The van der Waals surface area contributed by atoms with Crippen molar-refractivity contribution < 1.29 is 28.2 Å². The second kappa shape index (κ2) is 18.1. The Hall–Kier alpha value is -5.23. The van der Waals surface area contributed by atoms with Gasteiger partial charge in [-0.25, -0.2) is 8.78 Å². The fourth-order valence-electron chi connectivity index (χ4n) is 6.04. The molecule has 1 aliphatic rings. The number of nitro benzene ring substituents is 2. The summed E-state index contributed by atoms with van der Waals surface area (Å²) in [6.07, 6.45) is 2.35. The van der Waals surface area contributed by atoms with E-state index in [-0.39, 0.29) is 59.2 Å². The molecule has 10 nitrogen and oxygen atoms in total. The molecule has 13 heteroatoms. The molecular weight excluding hydrogens is 682 g/mol. The lowest BCUT2D eigenvalue weighted by Gasteiger charge is -2.37. The van der Waals surface area contributed by atoms with Gasteiger partial charge in [0.1, 0.15) is 11.6 Å². The van der Waals surface area contributed by atoms with E-state index in [1.54, 1.807) is 53.4 Å². The molecule has 0 N–H and O–H groups in total. The van der Waals surface area contributed by atoms with Crippen molar-refractivity contribution in [3.63, 3.8) is 0 Å². The number of hydrogen-bond donors (Lipinski definition) is 0. The molecule has 1 aliphatic heterocycles. The lowest BCUT2D eigenvalue weighted by Crippen LogP contribution is -2.41. The summed E-state index contributed by atoms with van der Waals surface area (Å²) in [5.74, 6) is -0.595. The molecule has 51 heavy (non-hydrogen) atoms. The average molecular weight is 721 g/mol. The van der Waals surface area contributed by atoms with E-state index in [2.05, 4.69) is 0 Å². The topological polar surface area (TPSA) is 127 Å². The van der Waals surface area contributed by atoms with Gasteiger partial charge in [-0.2, -0.15) is 0 Å². The number of benzene rings is 4. The van der Waals surface area contributed by atoms with Crippen LogP contribution in [0.3, 0.4) is 0 Å². The van der Waals surface area contributed by atoms with Gasteiger partial charge in [0.05, 0.1) is 34.3 Å². The van der Waals surface area contributed by atoms with Crippen LogP contribution in [-0.2, 0) is 16.0 Å². The number of piperidine rings is 1. The van der Waals surface area contributed by atoms with E-state index in [4.69, 9.17) is 11.6 Å². The highest BCUT2D eigenvalue weighted by atomic mass is 35.5. The number of carbonyl (C=O) groups excluding carboxylic acids is 2. The van der Waals surface area contributed by atoms with E-state index >= 15 is 0 Å². The van der Waals surface area contributed by atoms with Crippen LogP contribution in [0.2, 0.25) is 0 Å². The molecular formula is C38H39ClF2N4O6.